The van der Waals surface area contributed by atoms with Crippen molar-refractivity contribution in [3.05, 3.63) is 57.8 Å². The topological polar surface area (TPSA) is 0 Å². The van der Waals surface area contributed by atoms with Gasteiger partial charge in [0.25, 0.3) is 0 Å². The lowest BCUT2D eigenvalue weighted by atomic mass is 10.0. The van der Waals surface area contributed by atoms with Crippen LogP contribution in [0.3, 0.4) is 0 Å². The smallest absolute Gasteiger partial charge is 0.133 e. The summed E-state index contributed by atoms with van der Waals surface area (Å²) >= 11 is 11.9. The van der Waals surface area contributed by atoms with Crippen molar-refractivity contribution in [1.29, 1.82) is 0 Å². The number of benzene rings is 2. The van der Waals surface area contributed by atoms with Crippen molar-refractivity contribution in [2.75, 3.05) is 0 Å². The van der Waals surface area contributed by atoms with Crippen molar-refractivity contribution >= 4 is 23.2 Å². The van der Waals surface area contributed by atoms with Crippen molar-refractivity contribution in [2.45, 2.75) is 6.92 Å². The molecule has 2 rings (SSSR count). The molecule has 16 heavy (non-hydrogen) atoms. The lowest BCUT2D eigenvalue weighted by Gasteiger charge is -2.08. The van der Waals surface area contributed by atoms with Gasteiger partial charge in [0.1, 0.15) is 5.82 Å². The second kappa shape index (κ2) is 4.44. The Balaban J connectivity index is 2.67. The van der Waals surface area contributed by atoms with Crippen molar-refractivity contribution in [1.82, 2.24) is 0 Å². The molecule has 2 aromatic carbocycles. The fourth-order valence-corrected chi connectivity index (χ4v) is 1.95. The van der Waals surface area contributed by atoms with Gasteiger partial charge in [0.2, 0.25) is 0 Å². The molecule has 0 saturated carbocycles. The number of hydrogen-bond donors (Lipinski definition) is 0. The number of halogens is 3. The zero-order valence-corrected chi connectivity index (χ0v) is 10.1. The first-order chi connectivity index (χ1) is 7.59. The maximum Gasteiger partial charge on any atom is 0.133 e. The number of hydrogen-bond acceptors (Lipinski definition) is 0. The van der Waals surface area contributed by atoms with E-state index in [4.69, 9.17) is 23.2 Å². The van der Waals surface area contributed by atoms with Crippen LogP contribution in [0.15, 0.2) is 36.4 Å². The Morgan fingerprint density at radius 2 is 1.75 bits per heavy atom. The largest absolute Gasteiger partial charge is 0.206 e. The van der Waals surface area contributed by atoms with Crippen LogP contribution in [-0.2, 0) is 0 Å². The summed E-state index contributed by atoms with van der Waals surface area (Å²) in [6, 6.07) is 10.2. The minimum atomic E-state index is -0.258. The zero-order chi connectivity index (χ0) is 11.7. The Kier molecular flexibility index (Phi) is 3.17. The van der Waals surface area contributed by atoms with E-state index < -0.39 is 0 Å². The lowest BCUT2D eigenvalue weighted by molar-refractivity contribution is 0.622. The van der Waals surface area contributed by atoms with Crippen LogP contribution in [0.25, 0.3) is 11.1 Å². The summed E-state index contributed by atoms with van der Waals surface area (Å²) in [5, 5.41) is 1.04. The van der Waals surface area contributed by atoms with E-state index >= 15 is 0 Å². The van der Waals surface area contributed by atoms with Crippen molar-refractivity contribution in [3.8, 4) is 11.1 Å². The molecule has 0 aromatic heterocycles. The molecular weight excluding hydrogens is 246 g/mol. The quantitative estimate of drug-likeness (QED) is 0.664. The summed E-state index contributed by atoms with van der Waals surface area (Å²) in [7, 11) is 0. The SMILES string of the molecule is Cc1cccc(-c2cc(Cl)ccc2Cl)c1F. The summed E-state index contributed by atoms with van der Waals surface area (Å²) < 4.78 is 13.9. The van der Waals surface area contributed by atoms with E-state index in [0.29, 0.717) is 26.7 Å². The van der Waals surface area contributed by atoms with Gasteiger partial charge in [-0.2, -0.15) is 0 Å². The minimum Gasteiger partial charge on any atom is -0.206 e. The van der Waals surface area contributed by atoms with E-state index in [1.807, 2.05) is 0 Å². The molecule has 0 bridgehead atoms. The molecule has 0 N–H and O–H groups in total. The van der Waals surface area contributed by atoms with E-state index in [2.05, 4.69) is 0 Å². The third-order valence-electron chi connectivity index (χ3n) is 2.41. The molecular formula is C13H9Cl2F. The summed E-state index contributed by atoms with van der Waals surface area (Å²) in [5.74, 6) is -0.258. The molecule has 0 aliphatic carbocycles. The monoisotopic (exact) mass is 254 g/mol. The maximum absolute atomic E-state index is 13.9. The van der Waals surface area contributed by atoms with Gasteiger partial charge in [-0.25, -0.2) is 4.39 Å². The predicted molar refractivity (Wildman–Crippen MR) is 66.6 cm³/mol. The van der Waals surface area contributed by atoms with E-state index in [1.54, 1.807) is 43.3 Å². The van der Waals surface area contributed by atoms with E-state index in [-0.39, 0.29) is 5.82 Å². The first-order valence-corrected chi connectivity index (χ1v) is 5.55. The van der Waals surface area contributed by atoms with Crippen LogP contribution >= 0.6 is 23.2 Å². The van der Waals surface area contributed by atoms with Crippen molar-refractivity contribution < 1.29 is 4.39 Å². The highest BCUT2D eigenvalue weighted by molar-refractivity contribution is 6.35. The molecule has 0 radical (unpaired) electrons. The highest BCUT2D eigenvalue weighted by Gasteiger charge is 2.10. The standard InChI is InChI=1S/C13H9Cl2F/c1-8-3-2-4-10(13(8)16)11-7-9(14)5-6-12(11)15/h2-7H,1H3. The lowest BCUT2D eigenvalue weighted by Crippen LogP contribution is -1.88. The maximum atomic E-state index is 13.9. The highest BCUT2D eigenvalue weighted by atomic mass is 35.5. The number of rotatable bonds is 1. The molecule has 82 valence electrons. The van der Waals surface area contributed by atoms with Crippen LogP contribution in [0.1, 0.15) is 5.56 Å². The summed E-state index contributed by atoms with van der Waals surface area (Å²) in [6.07, 6.45) is 0. The fraction of sp³-hybridized carbons (Fsp3) is 0.0769. The van der Waals surface area contributed by atoms with Crippen LogP contribution < -0.4 is 0 Å². The number of aryl methyl sites for hydroxylation is 1. The van der Waals surface area contributed by atoms with Crippen molar-refractivity contribution in [2.24, 2.45) is 0 Å². The van der Waals surface area contributed by atoms with Crippen LogP contribution in [0.2, 0.25) is 10.0 Å². The van der Waals surface area contributed by atoms with Gasteiger partial charge in [-0.15, -0.1) is 0 Å². The molecule has 0 spiro atoms. The van der Waals surface area contributed by atoms with Gasteiger partial charge in [-0.3, -0.25) is 0 Å². The Morgan fingerprint density at radius 3 is 2.50 bits per heavy atom. The van der Waals surface area contributed by atoms with Crippen LogP contribution in [0.5, 0.6) is 0 Å². The molecule has 0 atom stereocenters. The Bertz CT molecular complexity index is 535. The second-order valence-corrected chi connectivity index (χ2v) is 4.40. The van der Waals surface area contributed by atoms with E-state index in [9.17, 15) is 4.39 Å². The van der Waals surface area contributed by atoms with E-state index in [0.717, 1.165) is 0 Å². The third-order valence-corrected chi connectivity index (χ3v) is 2.98. The molecule has 0 aliphatic heterocycles. The van der Waals surface area contributed by atoms with Gasteiger partial charge in [0, 0.05) is 21.2 Å². The molecule has 2 aromatic rings. The molecule has 0 fully saturated rings. The van der Waals surface area contributed by atoms with Crippen LogP contribution in [0.4, 0.5) is 4.39 Å². The third kappa shape index (κ3) is 2.06. The first-order valence-electron chi connectivity index (χ1n) is 4.80. The Hall–Kier alpha value is -1.05. The molecule has 0 aliphatic rings. The fourth-order valence-electron chi connectivity index (χ4n) is 1.56. The average Bonchev–Trinajstić information content (AvgIpc) is 2.26. The zero-order valence-electron chi connectivity index (χ0n) is 8.60. The van der Waals surface area contributed by atoms with Crippen LogP contribution in [0, 0.1) is 12.7 Å². The summed E-state index contributed by atoms with van der Waals surface area (Å²) in [5.41, 5.74) is 1.69. The highest BCUT2D eigenvalue weighted by Crippen LogP contribution is 2.32. The van der Waals surface area contributed by atoms with Gasteiger partial charge in [-0.1, -0.05) is 41.4 Å². The normalized spacial score (nSPS) is 10.5. The molecule has 0 heterocycles. The Morgan fingerprint density at radius 1 is 1.00 bits per heavy atom. The first kappa shape index (κ1) is 11.4. The second-order valence-electron chi connectivity index (χ2n) is 3.56. The molecule has 0 unspecified atom stereocenters. The van der Waals surface area contributed by atoms with Crippen LogP contribution in [-0.4, -0.2) is 0 Å². The molecule has 0 nitrogen and oxygen atoms in total. The van der Waals surface area contributed by atoms with Crippen molar-refractivity contribution in [3.63, 3.8) is 0 Å². The van der Waals surface area contributed by atoms with Gasteiger partial charge in [0.05, 0.1) is 0 Å². The summed E-state index contributed by atoms with van der Waals surface area (Å²) in [4.78, 5) is 0. The van der Waals surface area contributed by atoms with Gasteiger partial charge in [0.15, 0.2) is 0 Å². The Labute approximate surface area is 104 Å². The average molecular weight is 255 g/mol. The predicted octanol–water partition coefficient (Wildman–Crippen LogP) is 5.11. The minimum absolute atomic E-state index is 0.258. The van der Waals surface area contributed by atoms with E-state index in [1.165, 1.54) is 0 Å². The molecule has 3 heteroatoms. The summed E-state index contributed by atoms with van der Waals surface area (Å²) in [6.45, 7) is 1.72. The van der Waals surface area contributed by atoms with Gasteiger partial charge in [-0.05, 0) is 30.7 Å². The molecule has 0 saturated heterocycles. The van der Waals surface area contributed by atoms with Gasteiger partial charge < -0.3 is 0 Å². The van der Waals surface area contributed by atoms with Gasteiger partial charge >= 0.3 is 0 Å². The molecule has 0 amide bonds.